The Morgan fingerprint density at radius 2 is 2.02 bits per heavy atom. The molecule has 10 heteroatoms. The van der Waals surface area contributed by atoms with Crippen LogP contribution in [0.1, 0.15) is 38.5 Å². The van der Waals surface area contributed by atoms with Crippen LogP contribution in [0.5, 0.6) is 5.75 Å². The van der Waals surface area contributed by atoms with Crippen LogP contribution >= 0.6 is 11.6 Å². The van der Waals surface area contributed by atoms with Crippen LogP contribution in [0.4, 0.5) is 21.6 Å². The lowest BCUT2D eigenvalue weighted by Gasteiger charge is -2.42. The van der Waals surface area contributed by atoms with Crippen LogP contribution < -0.4 is 15.4 Å². The van der Waals surface area contributed by atoms with Gasteiger partial charge in [-0.25, -0.2) is 14.4 Å². The minimum atomic E-state index is -0.491. The zero-order valence-electron chi connectivity index (χ0n) is 25.1. The molecule has 2 N–H and O–H groups in total. The van der Waals surface area contributed by atoms with Gasteiger partial charge in [0.25, 0.3) is 0 Å². The van der Waals surface area contributed by atoms with E-state index in [2.05, 4.69) is 37.4 Å². The summed E-state index contributed by atoms with van der Waals surface area (Å²) in [6.45, 7) is 4.81. The first-order valence-electron chi connectivity index (χ1n) is 15.9. The van der Waals surface area contributed by atoms with E-state index in [1.807, 2.05) is 18.2 Å². The van der Waals surface area contributed by atoms with Gasteiger partial charge in [0, 0.05) is 48.9 Å². The van der Waals surface area contributed by atoms with E-state index in [-0.39, 0.29) is 10.9 Å². The molecule has 1 aromatic heterocycles. The van der Waals surface area contributed by atoms with Gasteiger partial charge in [-0.1, -0.05) is 30.5 Å². The third-order valence-corrected chi connectivity index (χ3v) is 10.4. The van der Waals surface area contributed by atoms with Gasteiger partial charge >= 0.3 is 0 Å². The number of anilines is 3. The molecule has 232 valence electrons. The Bertz CT molecular complexity index is 1560. The normalized spacial score (nSPS) is 26.6. The largest absolute Gasteiger partial charge is 0.491 e. The molecule has 2 aliphatic heterocycles. The molecule has 0 spiro atoms. The number of nitrogens with one attached hydrogen (secondary N) is 2. The highest BCUT2D eigenvalue weighted by molar-refractivity contribution is 6.31. The van der Waals surface area contributed by atoms with Crippen LogP contribution in [0.15, 0.2) is 48.8 Å². The van der Waals surface area contributed by atoms with Gasteiger partial charge in [-0.05, 0) is 87.2 Å². The fraction of sp³-hybridized carbons (Fsp3) is 0.500. The summed E-state index contributed by atoms with van der Waals surface area (Å²) in [6, 6.07) is 8.76. The van der Waals surface area contributed by atoms with Crippen molar-refractivity contribution in [3.05, 3.63) is 59.7 Å². The number of amides is 1. The predicted molar refractivity (Wildman–Crippen MR) is 172 cm³/mol. The molecule has 2 aliphatic carbocycles. The molecule has 2 aromatic carbocycles. The van der Waals surface area contributed by atoms with Crippen molar-refractivity contribution in [3.63, 3.8) is 0 Å². The average Bonchev–Trinajstić information content (AvgIpc) is 3.47. The van der Waals surface area contributed by atoms with Gasteiger partial charge in [-0.2, -0.15) is 0 Å². The second-order valence-corrected chi connectivity index (χ2v) is 13.5. The minimum Gasteiger partial charge on any atom is -0.491 e. The van der Waals surface area contributed by atoms with Crippen molar-refractivity contribution < 1.29 is 13.9 Å². The standard InChI is InChI=1S/C34H40ClFN6O2/c1-41-18-26-24(27(26)19-41)10-13-44-32-17-30-25(34(38-20-37-30)39-22-7-8-29(36)28(35)15-22)16-31(32)40-33(43)6-3-11-42-12-9-21-4-2-5-23(42)14-21/h3,6-8,15-17,20-21,23-24,26-27H,2,4-5,9-14,18-19H2,1H3,(H,40,43)(H,37,38,39)/b6-3+/t21?,23?,24?,26-,27+. The van der Waals surface area contributed by atoms with Crippen LogP contribution in [0, 0.1) is 29.5 Å². The fourth-order valence-electron chi connectivity index (χ4n) is 7.80. The summed E-state index contributed by atoms with van der Waals surface area (Å²) in [5, 5.41) is 6.99. The molecule has 1 amide bonds. The highest BCUT2D eigenvalue weighted by atomic mass is 35.5. The van der Waals surface area contributed by atoms with E-state index in [9.17, 15) is 9.18 Å². The van der Waals surface area contributed by atoms with Crippen molar-refractivity contribution in [2.75, 3.05) is 50.5 Å². The monoisotopic (exact) mass is 618 g/mol. The van der Waals surface area contributed by atoms with Crippen LogP contribution in [0.25, 0.3) is 10.9 Å². The first-order chi connectivity index (χ1) is 21.4. The smallest absolute Gasteiger partial charge is 0.248 e. The lowest BCUT2D eigenvalue weighted by Crippen LogP contribution is -2.44. The van der Waals surface area contributed by atoms with Crippen LogP contribution in [0.2, 0.25) is 5.02 Å². The summed E-state index contributed by atoms with van der Waals surface area (Å²) in [5.74, 6) is 3.56. The Labute approximate surface area is 263 Å². The van der Waals surface area contributed by atoms with Crippen molar-refractivity contribution in [3.8, 4) is 5.75 Å². The molecule has 2 bridgehead atoms. The fourth-order valence-corrected chi connectivity index (χ4v) is 7.98. The molecule has 3 heterocycles. The summed E-state index contributed by atoms with van der Waals surface area (Å²) in [5.41, 5.74) is 1.82. The SMILES string of the molecule is CN1C[C@@H]2C(CCOc3cc4ncnc(Nc5ccc(F)c(Cl)c5)c4cc3NC(=O)/C=C/CN3CCC4CCCC3C4)[C@@H]2C1. The molecule has 0 radical (unpaired) electrons. The van der Waals surface area contributed by atoms with Gasteiger partial charge in [-0.3, -0.25) is 9.69 Å². The van der Waals surface area contributed by atoms with Crippen molar-refractivity contribution in [2.24, 2.45) is 23.7 Å². The zero-order valence-corrected chi connectivity index (χ0v) is 25.9. The Hall–Kier alpha value is -3.27. The Balaban J connectivity index is 1.08. The quantitative estimate of drug-likeness (QED) is 0.251. The molecule has 7 rings (SSSR count). The van der Waals surface area contributed by atoms with E-state index in [4.69, 9.17) is 16.3 Å². The third-order valence-electron chi connectivity index (χ3n) is 10.1. The molecule has 3 aromatic rings. The molecular weight excluding hydrogens is 579 g/mol. The maximum Gasteiger partial charge on any atom is 0.248 e. The molecule has 4 fully saturated rings. The summed E-state index contributed by atoms with van der Waals surface area (Å²) >= 11 is 6.01. The van der Waals surface area contributed by atoms with Crippen molar-refractivity contribution in [2.45, 2.75) is 44.6 Å². The van der Waals surface area contributed by atoms with Gasteiger partial charge in [-0.15, -0.1) is 0 Å². The number of nitrogens with zero attached hydrogens (tertiary/aromatic N) is 4. The first-order valence-corrected chi connectivity index (χ1v) is 16.3. The number of carbonyl (C=O) groups is 1. The molecule has 4 aliphatic rings. The van der Waals surface area contributed by atoms with E-state index in [1.54, 1.807) is 12.1 Å². The Kier molecular flexibility index (Phi) is 8.44. The number of carbonyl (C=O) groups excluding carboxylic acids is 1. The molecule has 5 atom stereocenters. The molecule has 2 saturated heterocycles. The number of hydrogen-bond acceptors (Lipinski definition) is 7. The van der Waals surface area contributed by atoms with E-state index in [0.29, 0.717) is 52.4 Å². The van der Waals surface area contributed by atoms with Gasteiger partial charge in [0.1, 0.15) is 23.7 Å². The maximum atomic E-state index is 13.7. The zero-order chi connectivity index (χ0) is 30.2. The minimum absolute atomic E-state index is 0.0168. The van der Waals surface area contributed by atoms with Crippen molar-refractivity contribution >= 4 is 45.6 Å². The number of aromatic nitrogens is 2. The Morgan fingerprint density at radius 1 is 1.16 bits per heavy atom. The van der Waals surface area contributed by atoms with Crippen molar-refractivity contribution in [1.82, 2.24) is 19.8 Å². The summed E-state index contributed by atoms with van der Waals surface area (Å²) in [6.07, 6.45) is 12.6. The lowest BCUT2D eigenvalue weighted by atomic mass is 9.80. The van der Waals surface area contributed by atoms with Gasteiger partial charge in [0.2, 0.25) is 5.91 Å². The second-order valence-electron chi connectivity index (χ2n) is 13.1. The number of rotatable bonds is 10. The number of ether oxygens (including phenoxy) is 1. The topological polar surface area (TPSA) is 82.6 Å². The molecule has 44 heavy (non-hydrogen) atoms. The third kappa shape index (κ3) is 6.41. The van der Waals surface area contributed by atoms with Gasteiger partial charge in [0.05, 0.1) is 22.8 Å². The molecule has 2 saturated carbocycles. The van der Waals surface area contributed by atoms with Crippen molar-refractivity contribution in [1.29, 1.82) is 0 Å². The van der Waals surface area contributed by atoms with E-state index in [1.165, 1.54) is 63.7 Å². The van der Waals surface area contributed by atoms with Gasteiger partial charge < -0.3 is 20.3 Å². The first kappa shape index (κ1) is 29.4. The molecule has 8 nitrogen and oxygen atoms in total. The molecule has 3 unspecified atom stereocenters. The summed E-state index contributed by atoms with van der Waals surface area (Å²) in [7, 11) is 2.19. The second kappa shape index (κ2) is 12.6. The van der Waals surface area contributed by atoms with Crippen LogP contribution in [0.3, 0.4) is 0 Å². The number of fused-ring (bicyclic) bond motifs is 4. The van der Waals surface area contributed by atoms with E-state index < -0.39 is 5.82 Å². The van der Waals surface area contributed by atoms with Crippen LogP contribution in [-0.2, 0) is 4.79 Å². The van der Waals surface area contributed by atoms with E-state index >= 15 is 0 Å². The lowest BCUT2D eigenvalue weighted by molar-refractivity contribution is -0.111. The highest BCUT2D eigenvalue weighted by Crippen LogP contribution is 2.53. The summed E-state index contributed by atoms with van der Waals surface area (Å²) in [4.78, 5) is 27.0. The number of piperidine rings is 2. The maximum absolute atomic E-state index is 13.7. The summed E-state index contributed by atoms with van der Waals surface area (Å²) < 4.78 is 20.1. The number of likely N-dealkylation sites (tertiary alicyclic amines) is 2. The highest BCUT2D eigenvalue weighted by Gasteiger charge is 2.53. The molecular formula is C34H40ClFN6O2. The average molecular weight is 619 g/mol. The van der Waals surface area contributed by atoms with Gasteiger partial charge in [0.15, 0.2) is 0 Å². The number of hydrogen-bond donors (Lipinski definition) is 2. The van der Waals surface area contributed by atoms with Crippen LogP contribution in [-0.4, -0.2) is 71.6 Å². The van der Waals surface area contributed by atoms with E-state index in [0.717, 1.165) is 37.3 Å². The predicted octanol–water partition coefficient (Wildman–Crippen LogP) is 6.50. The Morgan fingerprint density at radius 3 is 2.86 bits per heavy atom. The number of benzene rings is 2. The number of halogens is 2.